The first-order chi connectivity index (χ1) is 8.41. The van der Waals surface area contributed by atoms with Gasteiger partial charge in [0.25, 0.3) is 0 Å². The van der Waals surface area contributed by atoms with Crippen LogP contribution in [0.4, 0.5) is 0 Å². The highest BCUT2D eigenvalue weighted by atomic mass is 32.2. The number of benzene rings is 1. The molecule has 1 aromatic carbocycles. The molecule has 5 heteroatoms. The van der Waals surface area contributed by atoms with Crippen molar-refractivity contribution in [2.45, 2.75) is 30.3 Å². The number of sulfone groups is 1. The first-order valence-electron chi connectivity index (χ1n) is 6.10. The van der Waals surface area contributed by atoms with Gasteiger partial charge in [0.2, 0.25) is 0 Å². The van der Waals surface area contributed by atoms with Gasteiger partial charge >= 0.3 is 0 Å². The molecule has 1 aliphatic rings. The van der Waals surface area contributed by atoms with E-state index in [0.717, 1.165) is 25.9 Å². The van der Waals surface area contributed by atoms with Gasteiger partial charge in [0.05, 0.1) is 0 Å². The number of piperidine rings is 1. The summed E-state index contributed by atoms with van der Waals surface area (Å²) in [6, 6.07) is 6.83. The molecule has 1 fully saturated rings. The van der Waals surface area contributed by atoms with E-state index in [4.69, 9.17) is 4.74 Å². The molecule has 0 unspecified atom stereocenters. The summed E-state index contributed by atoms with van der Waals surface area (Å²) in [6.45, 7) is 3.84. The zero-order valence-electron chi connectivity index (χ0n) is 10.8. The van der Waals surface area contributed by atoms with Crippen LogP contribution in [0.25, 0.3) is 0 Å². The molecule has 1 aliphatic heterocycles. The first kappa shape index (κ1) is 13.4. The third-order valence-corrected chi connectivity index (χ3v) is 4.40. The predicted molar refractivity (Wildman–Crippen MR) is 70.7 cm³/mol. The van der Waals surface area contributed by atoms with Crippen molar-refractivity contribution in [2.75, 3.05) is 19.3 Å². The molecule has 2 rings (SSSR count). The monoisotopic (exact) mass is 269 g/mol. The molecule has 0 bridgehead atoms. The van der Waals surface area contributed by atoms with Crippen LogP contribution >= 0.6 is 0 Å². The average molecular weight is 269 g/mol. The van der Waals surface area contributed by atoms with E-state index < -0.39 is 9.84 Å². The lowest BCUT2D eigenvalue weighted by atomic mass is 9.94. The van der Waals surface area contributed by atoms with E-state index in [0.29, 0.717) is 5.75 Å². The second-order valence-corrected chi connectivity index (χ2v) is 7.01. The summed E-state index contributed by atoms with van der Waals surface area (Å²) in [6.07, 6.45) is 2.97. The maximum absolute atomic E-state index is 11.7. The molecule has 4 nitrogen and oxygen atoms in total. The molecule has 0 spiro atoms. The largest absolute Gasteiger partial charge is 0.486 e. The van der Waals surface area contributed by atoms with Gasteiger partial charge < -0.3 is 10.1 Å². The van der Waals surface area contributed by atoms with Gasteiger partial charge in [-0.3, -0.25) is 0 Å². The maximum Gasteiger partial charge on any atom is 0.179 e. The molecule has 1 heterocycles. The smallest absolute Gasteiger partial charge is 0.179 e. The van der Waals surface area contributed by atoms with Gasteiger partial charge in [0.1, 0.15) is 16.2 Å². The van der Waals surface area contributed by atoms with Crippen molar-refractivity contribution in [2.24, 2.45) is 0 Å². The van der Waals surface area contributed by atoms with E-state index in [-0.39, 0.29) is 10.5 Å². The molecule has 0 aliphatic carbocycles. The molecule has 100 valence electrons. The number of nitrogens with one attached hydrogen (secondary N) is 1. The normalized spacial score (nSPS) is 19.4. The van der Waals surface area contributed by atoms with Crippen LogP contribution in [0, 0.1) is 0 Å². The summed E-state index contributed by atoms with van der Waals surface area (Å²) >= 11 is 0. The lowest BCUT2D eigenvalue weighted by Gasteiger charge is -2.35. The van der Waals surface area contributed by atoms with Gasteiger partial charge in [-0.2, -0.15) is 0 Å². The minimum Gasteiger partial charge on any atom is -0.486 e. The van der Waals surface area contributed by atoms with Crippen molar-refractivity contribution in [1.29, 1.82) is 0 Å². The fraction of sp³-hybridized carbons (Fsp3) is 0.538. The van der Waals surface area contributed by atoms with Gasteiger partial charge in [-0.05, 0) is 45.0 Å². The van der Waals surface area contributed by atoms with Crippen molar-refractivity contribution in [3.05, 3.63) is 24.3 Å². The molecule has 0 aromatic heterocycles. The second-order valence-electron chi connectivity index (χ2n) is 5.02. The third-order valence-electron chi connectivity index (χ3n) is 3.27. The number of rotatable bonds is 3. The first-order valence-corrected chi connectivity index (χ1v) is 7.99. The number of hydrogen-bond donors (Lipinski definition) is 1. The van der Waals surface area contributed by atoms with Crippen LogP contribution in [-0.4, -0.2) is 33.4 Å². The van der Waals surface area contributed by atoms with Crippen LogP contribution in [-0.2, 0) is 9.84 Å². The Morgan fingerprint density at radius 2 is 1.83 bits per heavy atom. The quantitative estimate of drug-likeness (QED) is 0.906. The van der Waals surface area contributed by atoms with E-state index in [1.807, 2.05) is 6.92 Å². The fourth-order valence-corrected chi connectivity index (χ4v) is 2.96. The van der Waals surface area contributed by atoms with Crippen LogP contribution in [0.15, 0.2) is 29.2 Å². The van der Waals surface area contributed by atoms with Crippen LogP contribution in [0.1, 0.15) is 19.8 Å². The van der Waals surface area contributed by atoms with Crippen LogP contribution < -0.4 is 10.1 Å². The maximum atomic E-state index is 11.7. The molecule has 1 aromatic rings. The molecule has 0 amide bonds. The number of para-hydroxylation sites is 1. The van der Waals surface area contributed by atoms with Crippen LogP contribution in [0.5, 0.6) is 5.75 Å². The van der Waals surface area contributed by atoms with Gasteiger partial charge in [0.15, 0.2) is 9.84 Å². The molecule has 1 N–H and O–H groups in total. The van der Waals surface area contributed by atoms with Crippen molar-refractivity contribution in [1.82, 2.24) is 5.32 Å². The summed E-state index contributed by atoms with van der Waals surface area (Å²) < 4.78 is 29.4. The van der Waals surface area contributed by atoms with Crippen molar-refractivity contribution in [3.8, 4) is 5.75 Å². The Balaban J connectivity index is 2.29. The topological polar surface area (TPSA) is 55.4 Å². The SMILES string of the molecule is CC1(Oc2ccccc2S(C)(=O)=O)CCNCC1. The molecule has 18 heavy (non-hydrogen) atoms. The highest BCUT2D eigenvalue weighted by molar-refractivity contribution is 7.90. The van der Waals surface area contributed by atoms with Gasteiger partial charge in [-0.15, -0.1) is 0 Å². The summed E-state index contributed by atoms with van der Waals surface area (Å²) in [4.78, 5) is 0.268. The van der Waals surface area contributed by atoms with Gasteiger partial charge in [-0.1, -0.05) is 12.1 Å². The Bertz CT molecular complexity index is 519. The van der Waals surface area contributed by atoms with Gasteiger partial charge in [0, 0.05) is 6.26 Å². The Hall–Kier alpha value is -1.07. The Labute approximate surface area is 108 Å². The molecule has 0 atom stereocenters. The standard InChI is InChI=1S/C13H19NO3S/c1-13(7-9-14-10-8-13)17-11-5-3-4-6-12(11)18(2,15)16/h3-6,14H,7-10H2,1-2H3. The minimum absolute atomic E-state index is 0.268. The van der Waals surface area contributed by atoms with Crippen molar-refractivity contribution >= 4 is 9.84 Å². The lowest BCUT2D eigenvalue weighted by Crippen LogP contribution is -2.44. The lowest BCUT2D eigenvalue weighted by molar-refractivity contribution is 0.0526. The van der Waals surface area contributed by atoms with Crippen LogP contribution in [0.2, 0.25) is 0 Å². The van der Waals surface area contributed by atoms with Crippen molar-refractivity contribution in [3.63, 3.8) is 0 Å². The summed E-state index contributed by atoms with van der Waals surface area (Å²) in [7, 11) is -3.25. The Morgan fingerprint density at radius 1 is 1.22 bits per heavy atom. The molecule has 0 radical (unpaired) electrons. The molecular formula is C13H19NO3S. The minimum atomic E-state index is -3.25. The zero-order valence-corrected chi connectivity index (χ0v) is 11.6. The number of ether oxygens (including phenoxy) is 1. The Morgan fingerprint density at radius 3 is 2.44 bits per heavy atom. The Kier molecular flexibility index (Phi) is 3.64. The highest BCUT2D eigenvalue weighted by Crippen LogP contribution is 2.30. The van der Waals surface area contributed by atoms with E-state index in [9.17, 15) is 8.42 Å². The fourth-order valence-electron chi connectivity index (χ4n) is 2.16. The van der Waals surface area contributed by atoms with E-state index >= 15 is 0 Å². The van der Waals surface area contributed by atoms with E-state index in [1.54, 1.807) is 24.3 Å². The van der Waals surface area contributed by atoms with Crippen LogP contribution in [0.3, 0.4) is 0 Å². The summed E-state index contributed by atoms with van der Waals surface area (Å²) in [5.41, 5.74) is -0.286. The van der Waals surface area contributed by atoms with Gasteiger partial charge in [-0.25, -0.2) is 8.42 Å². The predicted octanol–water partition coefficient (Wildman–Crippen LogP) is 1.61. The molecular weight excluding hydrogens is 250 g/mol. The zero-order chi connectivity index (χ0) is 13.2. The van der Waals surface area contributed by atoms with E-state index in [1.165, 1.54) is 6.26 Å². The highest BCUT2D eigenvalue weighted by Gasteiger charge is 2.30. The molecule has 1 saturated heterocycles. The molecule has 0 saturated carbocycles. The average Bonchev–Trinajstić information content (AvgIpc) is 2.28. The third kappa shape index (κ3) is 3.03. The summed E-state index contributed by atoms with van der Waals surface area (Å²) in [5, 5.41) is 3.27. The van der Waals surface area contributed by atoms with E-state index in [2.05, 4.69) is 5.32 Å². The summed E-state index contributed by atoms with van der Waals surface area (Å²) in [5.74, 6) is 0.462. The second kappa shape index (κ2) is 4.90. The van der Waals surface area contributed by atoms with Crippen molar-refractivity contribution < 1.29 is 13.2 Å². The number of hydrogen-bond acceptors (Lipinski definition) is 4.